The minimum absolute atomic E-state index is 0.280. The highest BCUT2D eigenvalue weighted by Gasteiger charge is 2.29. The van der Waals surface area contributed by atoms with Crippen LogP contribution in [0.15, 0.2) is 65.6 Å². The molecule has 9 heteroatoms. The molecular formula is C24H27ClN4O3S. The van der Waals surface area contributed by atoms with E-state index in [-0.39, 0.29) is 4.90 Å². The number of piperazine rings is 1. The van der Waals surface area contributed by atoms with Crippen molar-refractivity contribution in [3.8, 4) is 17.0 Å². The SMILES string of the molecule is CCCCOc1ccc(S(=O)(=O)N2CCN(c3ccc(-c4ccccc4Cl)nn3)CC2)cc1. The van der Waals surface area contributed by atoms with Gasteiger partial charge in [-0.2, -0.15) is 4.31 Å². The Kier molecular flexibility index (Phi) is 7.47. The minimum Gasteiger partial charge on any atom is -0.494 e. The van der Waals surface area contributed by atoms with Crippen molar-refractivity contribution in [3.05, 3.63) is 65.7 Å². The van der Waals surface area contributed by atoms with Gasteiger partial charge in [0.15, 0.2) is 5.82 Å². The van der Waals surface area contributed by atoms with Gasteiger partial charge in [-0.15, -0.1) is 10.2 Å². The molecule has 2 heterocycles. The Hall–Kier alpha value is -2.68. The number of halogens is 1. The molecule has 0 spiro atoms. The summed E-state index contributed by atoms with van der Waals surface area (Å²) in [6.07, 6.45) is 2.02. The number of rotatable bonds is 8. The quantitative estimate of drug-likeness (QED) is 0.437. The van der Waals surface area contributed by atoms with Gasteiger partial charge in [0, 0.05) is 31.7 Å². The largest absolute Gasteiger partial charge is 0.494 e. The molecule has 1 saturated heterocycles. The monoisotopic (exact) mass is 486 g/mol. The number of benzene rings is 2. The smallest absolute Gasteiger partial charge is 0.243 e. The van der Waals surface area contributed by atoms with E-state index in [4.69, 9.17) is 16.3 Å². The number of hydrogen-bond donors (Lipinski definition) is 0. The van der Waals surface area contributed by atoms with Gasteiger partial charge in [-0.3, -0.25) is 0 Å². The summed E-state index contributed by atoms with van der Waals surface area (Å²) in [6.45, 7) is 4.57. The summed E-state index contributed by atoms with van der Waals surface area (Å²) in [5.74, 6) is 1.41. The summed E-state index contributed by atoms with van der Waals surface area (Å²) in [5, 5.41) is 9.28. The van der Waals surface area contributed by atoms with Crippen LogP contribution in [-0.2, 0) is 10.0 Å². The highest BCUT2D eigenvalue weighted by atomic mass is 35.5. The van der Waals surface area contributed by atoms with Crippen LogP contribution in [-0.4, -0.2) is 55.7 Å². The van der Waals surface area contributed by atoms with Gasteiger partial charge in [-0.25, -0.2) is 8.42 Å². The van der Waals surface area contributed by atoms with Crippen LogP contribution in [0.1, 0.15) is 19.8 Å². The molecule has 3 aromatic rings. The second-order valence-electron chi connectivity index (χ2n) is 7.82. The maximum Gasteiger partial charge on any atom is 0.243 e. The highest BCUT2D eigenvalue weighted by Crippen LogP contribution is 2.27. The molecule has 1 aliphatic rings. The summed E-state index contributed by atoms with van der Waals surface area (Å²) in [4.78, 5) is 2.32. The van der Waals surface area contributed by atoms with Crippen LogP contribution in [0.5, 0.6) is 5.75 Å². The number of ether oxygens (including phenoxy) is 1. The predicted molar refractivity (Wildman–Crippen MR) is 130 cm³/mol. The molecule has 1 fully saturated rings. The molecule has 0 atom stereocenters. The Morgan fingerprint density at radius 1 is 0.939 bits per heavy atom. The number of aromatic nitrogens is 2. The lowest BCUT2D eigenvalue weighted by Gasteiger charge is -2.34. The van der Waals surface area contributed by atoms with Crippen LogP contribution < -0.4 is 9.64 Å². The van der Waals surface area contributed by atoms with Crippen molar-refractivity contribution >= 4 is 27.4 Å². The Labute approximate surface area is 200 Å². The second kappa shape index (κ2) is 10.5. The lowest BCUT2D eigenvalue weighted by atomic mass is 10.1. The first-order chi connectivity index (χ1) is 16.0. The fraction of sp³-hybridized carbons (Fsp3) is 0.333. The van der Waals surface area contributed by atoms with Gasteiger partial charge in [-0.05, 0) is 48.9 Å². The molecule has 0 N–H and O–H groups in total. The molecule has 33 heavy (non-hydrogen) atoms. The molecule has 4 rings (SSSR count). The van der Waals surface area contributed by atoms with E-state index < -0.39 is 10.0 Å². The Morgan fingerprint density at radius 2 is 1.67 bits per heavy atom. The Balaban J connectivity index is 1.37. The number of unbranched alkanes of at least 4 members (excludes halogenated alkanes) is 1. The first kappa shape index (κ1) is 23.5. The number of nitrogens with zero attached hydrogens (tertiary/aromatic N) is 4. The van der Waals surface area contributed by atoms with E-state index in [9.17, 15) is 8.42 Å². The third kappa shape index (κ3) is 5.46. The standard InChI is InChI=1S/C24H27ClN4O3S/c1-2-3-18-32-19-8-10-20(11-9-19)33(30,31)29-16-14-28(15-17-29)24-13-12-23(26-27-24)21-6-4-5-7-22(21)25/h4-13H,2-3,14-18H2,1H3. The maximum absolute atomic E-state index is 13.1. The van der Waals surface area contributed by atoms with Gasteiger partial charge in [0.05, 0.1) is 22.2 Å². The van der Waals surface area contributed by atoms with Crippen molar-refractivity contribution in [2.45, 2.75) is 24.7 Å². The molecule has 0 unspecified atom stereocenters. The van der Waals surface area contributed by atoms with Crippen molar-refractivity contribution in [2.24, 2.45) is 0 Å². The zero-order valence-corrected chi connectivity index (χ0v) is 20.1. The lowest BCUT2D eigenvalue weighted by molar-refractivity contribution is 0.309. The summed E-state index contributed by atoms with van der Waals surface area (Å²) >= 11 is 6.25. The predicted octanol–water partition coefficient (Wildman–Crippen LogP) is 4.49. The first-order valence-corrected chi connectivity index (χ1v) is 12.9. The zero-order valence-electron chi connectivity index (χ0n) is 18.5. The van der Waals surface area contributed by atoms with E-state index >= 15 is 0 Å². The van der Waals surface area contributed by atoms with Crippen LogP contribution in [0.2, 0.25) is 5.02 Å². The summed E-state index contributed by atoms with van der Waals surface area (Å²) in [5.41, 5.74) is 1.53. The van der Waals surface area contributed by atoms with Crippen molar-refractivity contribution < 1.29 is 13.2 Å². The third-order valence-corrected chi connectivity index (χ3v) is 7.83. The van der Waals surface area contributed by atoms with E-state index in [0.29, 0.717) is 49.3 Å². The molecule has 0 amide bonds. The van der Waals surface area contributed by atoms with Gasteiger partial charge in [-0.1, -0.05) is 43.1 Å². The van der Waals surface area contributed by atoms with Crippen molar-refractivity contribution in [3.63, 3.8) is 0 Å². The van der Waals surface area contributed by atoms with Gasteiger partial charge < -0.3 is 9.64 Å². The van der Waals surface area contributed by atoms with E-state index in [0.717, 1.165) is 24.2 Å². The lowest BCUT2D eigenvalue weighted by Crippen LogP contribution is -2.48. The van der Waals surface area contributed by atoms with Crippen LogP contribution in [0.25, 0.3) is 11.3 Å². The van der Waals surface area contributed by atoms with E-state index in [1.165, 1.54) is 4.31 Å². The second-order valence-corrected chi connectivity index (χ2v) is 10.2. The van der Waals surface area contributed by atoms with Crippen LogP contribution >= 0.6 is 11.6 Å². The molecule has 1 aromatic heterocycles. The Bertz CT molecular complexity index is 1160. The molecule has 1 aliphatic heterocycles. The average Bonchev–Trinajstić information content (AvgIpc) is 2.85. The number of hydrogen-bond acceptors (Lipinski definition) is 6. The maximum atomic E-state index is 13.1. The summed E-state index contributed by atoms with van der Waals surface area (Å²) < 4.78 is 33.3. The van der Waals surface area contributed by atoms with Crippen molar-refractivity contribution in [1.29, 1.82) is 0 Å². The van der Waals surface area contributed by atoms with Gasteiger partial charge in [0.1, 0.15) is 5.75 Å². The molecular weight excluding hydrogens is 460 g/mol. The van der Waals surface area contributed by atoms with Crippen LogP contribution in [0.3, 0.4) is 0 Å². The molecule has 7 nitrogen and oxygen atoms in total. The number of sulfonamides is 1. The topological polar surface area (TPSA) is 75.6 Å². The molecule has 0 aliphatic carbocycles. The minimum atomic E-state index is -3.56. The van der Waals surface area contributed by atoms with Gasteiger partial charge in [0.2, 0.25) is 10.0 Å². The Morgan fingerprint density at radius 3 is 2.30 bits per heavy atom. The zero-order chi connectivity index (χ0) is 23.3. The molecule has 0 bridgehead atoms. The van der Waals surface area contributed by atoms with E-state index in [2.05, 4.69) is 17.1 Å². The van der Waals surface area contributed by atoms with Gasteiger partial charge >= 0.3 is 0 Å². The van der Waals surface area contributed by atoms with E-state index in [1.54, 1.807) is 24.3 Å². The molecule has 0 saturated carbocycles. The third-order valence-electron chi connectivity index (χ3n) is 5.59. The van der Waals surface area contributed by atoms with Crippen LogP contribution in [0.4, 0.5) is 5.82 Å². The number of anilines is 1. The first-order valence-electron chi connectivity index (χ1n) is 11.1. The van der Waals surface area contributed by atoms with Crippen molar-refractivity contribution in [1.82, 2.24) is 14.5 Å². The summed E-state index contributed by atoms with van der Waals surface area (Å²) in [7, 11) is -3.56. The normalized spacial score (nSPS) is 14.9. The fourth-order valence-electron chi connectivity index (χ4n) is 3.66. The average molecular weight is 487 g/mol. The molecule has 0 radical (unpaired) electrons. The highest BCUT2D eigenvalue weighted by molar-refractivity contribution is 7.89. The molecule has 174 valence electrons. The van der Waals surface area contributed by atoms with Gasteiger partial charge in [0.25, 0.3) is 0 Å². The van der Waals surface area contributed by atoms with E-state index in [1.807, 2.05) is 41.3 Å². The molecule has 2 aromatic carbocycles. The summed E-state index contributed by atoms with van der Waals surface area (Å²) in [6, 6.07) is 17.9. The van der Waals surface area contributed by atoms with Crippen molar-refractivity contribution in [2.75, 3.05) is 37.7 Å². The van der Waals surface area contributed by atoms with Crippen LogP contribution in [0, 0.1) is 0 Å². The fourth-order valence-corrected chi connectivity index (χ4v) is 5.31.